The van der Waals surface area contributed by atoms with Crippen LogP contribution in [-0.4, -0.2) is 55.0 Å². The van der Waals surface area contributed by atoms with Crippen molar-refractivity contribution < 1.29 is 36.2 Å². The maximum atomic E-state index is 14.7. The molecule has 200 valence electrons. The highest BCUT2D eigenvalue weighted by atomic mass is 32.1. The third-order valence-electron chi connectivity index (χ3n) is 5.47. The Kier molecular flexibility index (Phi) is 8.60. The molecular formula is C22H22F6N6O2S. The van der Waals surface area contributed by atoms with Crippen LogP contribution in [0, 0.1) is 11.6 Å². The van der Waals surface area contributed by atoms with E-state index >= 15 is 0 Å². The molecule has 0 bridgehead atoms. The predicted octanol–water partition coefficient (Wildman–Crippen LogP) is 3.68. The zero-order chi connectivity index (χ0) is 27.4. The number of hydrogen-bond acceptors (Lipinski definition) is 6. The van der Waals surface area contributed by atoms with Gasteiger partial charge in [0.2, 0.25) is 0 Å². The summed E-state index contributed by atoms with van der Waals surface area (Å²) in [6, 6.07) is 6.78. The number of aliphatic hydroxyl groups is 1. The van der Waals surface area contributed by atoms with Gasteiger partial charge in [-0.2, -0.15) is 13.9 Å². The van der Waals surface area contributed by atoms with E-state index in [1.807, 2.05) is 0 Å². The van der Waals surface area contributed by atoms with E-state index in [0.29, 0.717) is 11.8 Å². The molecule has 0 saturated carbocycles. The molecule has 0 aliphatic rings. The number of aromatic nitrogens is 3. The summed E-state index contributed by atoms with van der Waals surface area (Å²) < 4.78 is 84.8. The summed E-state index contributed by atoms with van der Waals surface area (Å²) in [6.45, 7) is -0.371. The summed E-state index contributed by atoms with van der Waals surface area (Å²) in [4.78, 5) is 3.79. The van der Waals surface area contributed by atoms with Crippen molar-refractivity contribution in [3.8, 4) is 5.75 Å². The van der Waals surface area contributed by atoms with Gasteiger partial charge in [-0.15, -0.1) is 0 Å². The molecule has 0 aliphatic heterocycles. The second kappa shape index (κ2) is 11.3. The Morgan fingerprint density at radius 1 is 1.22 bits per heavy atom. The molecule has 4 N–H and O–H groups in total. The minimum Gasteiger partial charge on any atom is -0.487 e. The lowest BCUT2D eigenvalue weighted by Gasteiger charge is -2.40. The van der Waals surface area contributed by atoms with Gasteiger partial charge in [0.1, 0.15) is 35.6 Å². The number of halogens is 6. The summed E-state index contributed by atoms with van der Waals surface area (Å²) in [5.74, 6) is -0.116. The number of ether oxygens (including phenoxy) is 1. The first-order valence-corrected chi connectivity index (χ1v) is 11.0. The molecule has 3 rings (SSSR count). The average molecular weight is 549 g/mol. The van der Waals surface area contributed by atoms with Gasteiger partial charge < -0.3 is 15.2 Å². The molecule has 1 aromatic heterocycles. The predicted molar refractivity (Wildman–Crippen MR) is 125 cm³/mol. The Labute approximate surface area is 212 Å². The van der Waals surface area contributed by atoms with Crippen molar-refractivity contribution in [3.63, 3.8) is 0 Å². The second-order valence-electron chi connectivity index (χ2n) is 8.03. The lowest BCUT2D eigenvalue weighted by Crippen LogP contribution is -2.57. The maximum Gasteiger partial charge on any atom is 0.340 e. The van der Waals surface area contributed by atoms with Crippen LogP contribution in [-0.2, 0) is 12.1 Å². The van der Waals surface area contributed by atoms with Crippen molar-refractivity contribution in [3.05, 3.63) is 72.3 Å². The minimum absolute atomic E-state index is 0.0937. The van der Waals surface area contributed by atoms with Crippen LogP contribution in [0.4, 0.5) is 32.0 Å². The molecule has 0 radical (unpaired) electrons. The average Bonchev–Trinajstić information content (AvgIpc) is 3.35. The van der Waals surface area contributed by atoms with Crippen molar-refractivity contribution in [2.45, 2.75) is 37.5 Å². The first-order chi connectivity index (χ1) is 17.3. The number of hydrazine groups is 1. The number of rotatable bonds is 10. The Balaban J connectivity index is 1.75. The molecule has 15 heteroatoms. The highest BCUT2D eigenvalue weighted by Crippen LogP contribution is 2.32. The lowest BCUT2D eigenvalue weighted by atomic mass is 9.86. The largest absolute Gasteiger partial charge is 0.487 e. The van der Waals surface area contributed by atoms with Gasteiger partial charge in [-0.25, -0.2) is 33.1 Å². The molecule has 37 heavy (non-hydrogen) atoms. The van der Waals surface area contributed by atoms with Crippen LogP contribution in [0.15, 0.2) is 55.1 Å². The Hall–Kier alpha value is -3.43. The van der Waals surface area contributed by atoms with Crippen molar-refractivity contribution >= 4 is 23.0 Å². The van der Waals surface area contributed by atoms with E-state index in [1.165, 1.54) is 48.5 Å². The zero-order valence-corrected chi connectivity index (χ0v) is 20.0. The molecule has 0 amide bonds. The number of nitrogens with zero attached hydrogens (tertiary/aromatic N) is 4. The SMILES string of the molecule is CC(N(N)C(=S)Nc1ccc(OCC(F)(F)C(F)F)cc1)C(O)(Cn1cncn1)c1ccc(F)cc1F. The maximum absolute atomic E-state index is 14.7. The van der Waals surface area contributed by atoms with E-state index < -0.39 is 42.2 Å². The molecule has 8 nitrogen and oxygen atoms in total. The van der Waals surface area contributed by atoms with Gasteiger partial charge in [-0.3, -0.25) is 5.01 Å². The third kappa shape index (κ3) is 6.67. The number of anilines is 1. The molecule has 0 aliphatic carbocycles. The number of benzene rings is 2. The fourth-order valence-corrected chi connectivity index (χ4v) is 3.59. The van der Waals surface area contributed by atoms with Crippen LogP contribution in [0.3, 0.4) is 0 Å². The highest BCUT2D eigenvalue weighted by Gasteiger charge is 2.43. The number of thiocarbonyl (C=S) groups is 1. The van der Waals surface area contributed by atoms with Gasteiger partial charge in [0, 0.05) is 17.3 Å². The van der Waals surface area contributed by atoms with E-state index in [1.54, 1.807) is 0 Å². The Morgan fingerprint density at radius 2 is 1.89 bits per heavy atom. The van der Waals surface area contributed by atoms with Crippen LogP contribution in [0.25, 0.3) is 0 Å². The van der Waals surface area contributed by atoms with Gasteiger partial charge in [0.15, 0.2) is 11.7 Å². The van der Waals surface area contributed by atoms with E-state index in [9.17, 15) is 31.4 Å². The topological polar surface area (TPSA) is 101 Å². The number of nitrogens with two attached hydrogens (primary N) is 1. The second-order valence-corrected chi connectivity index (χ2v) is 8.42. The van der Waals surface area contributed by atoms with Crippen molar-refractivity contribution in [2.24, 2.45) is 5.84 Å². The molecule has 0 spiro atoms. The van der Waals surface area contributed by atoms with Crippen LogP contribution < -0.4 is 15.9 Å². The molecule has 2 aromatic carbocycles. The van der Waals surface area contributed by atoms with E-state index in [2.05, 4.69) is 15.4 Å². The van der Waals surface area contributed by atoms with Crippen LogP contribution in [0.1, 0.15) is 12.5 Å². The number of hydrogen-bond donors (Lipinski definition) is 3. The smallest absolute Gasteiger partial charge is 0.340 e. The number of alkyl halides is 4. The van der Waals surface area contributed by atoms with Crippen molar-refractivity contribution in [1.82, 2.24) is 19.8 Å². The molecule has 1 heterocycles. The third-order valence-corrected chi connectivity index (χ3v) is 5.78. The Morgan fingerprint density at radius 3 is 2.46 bits per heavy atom. The van der Waals surface area contributed by atoms with Gasteiger partial charge in [0.05, 0.1) is 12.6 Å². The van der Waals surface area contributed by atoms with Crippen molar-refractivity contribution in [1.29, 1.82) is 0 Å². The van der Waals surface area contributed by atoms with Crippen molar-refractivity contribution in [2.75, 3.05) is 11.9 Å². The summed E-state index contributed by atoms with van der Waals surface area (Å²) in [6.07, 6.45) is -1.37. The van der Waals surface area contributed by atoms with Crippen LogP contribution in [0.2, 0.25) is 0 Å². The highest BCUT2D eigenvalue weighted by molar-refractivity contribution is 7.80. The molecule has 2 atom stereocenters. The number of nitrogens with one attached hydrogen (secondary N) is 1. The molecular weight excluding hydrogens is 526 g/mol. The minimum atomic E-state index is -4.30. The van der Waals surface area contributed by atoms with Gasteiger partial charge in [0.25, 0.3) is 0 Å². The van der Waals surface area contributed by atoms with E-state index in [0.717, 1.165) is 17.1 Å². The fraction of sp³-hybridized carbons (Fsp3) is 0.318. The molecule has 2 unspecified atom stereocenters. The van der Waals surface area contributed by atoms with E-state index in [-0.39, 0.29) is 23.0 Å². The van der Waals surface area contributed by atoms with Crippen LogP contribution in [0.5, 0.6) is 5.75 Å². The lowest BCUT2D eigenvalue weighted by molar-refractivity contribution is -0.148. The van der Waals surface area contributed by atoms with Crippen LogP contribution >= 0.6 is 12.2 Å². The molecule has 0 saturated heterocycles. The van der Waals surface area contributed by atoms with Gasteiger partial charge in [-0.1, -0.05) is 6.07 Å². The summed E-state index contributed by atoms with van der Waals surface area (Å²) in [5.41, 5.74) is -2.02. The quantitative estimate of drug-likeness (QED) is 0.153. The first kappa shape index (κ1) is 28.1. The van der Waals surface area contributed by atoms with E-state index in [4.69, 9.17) is 22.8 Å². The Bertz CT molecular complexity index is 1200. The summed E-state index contributed by atoms with van der Waals surface area (Å²) in [7, 11) is 0. The summed E-state index contributed by atoms with van der Waals surface area (Å²) in [5, 5.41) is 19.1. The van der Waals surface area contributed by atoms with Gasteiger partial charge >= 0.3 is 12.3 Å². The summed E-state index contributed by atoms with van der Waals surface area (Å²) >= 11 is 5.29. The fourth-order valence-electron chi connectivity index (χ4n) is 3.32. The molecule has 0 fully saturated rings. The monoisotopic (exact) mass is 548 g/mol. The first-order valence-electron chi connectivity index (χ1n) is 10.6. The zero-order valence-electron chi connectivity index (χ0n) is 19.2. The normalized spacial score (nSPS) is 14.2. The standard InChI is InChI=1S/C22H22F6N6O2S/c1-13(21(35,9-33-12-30-11-31-33)17-7-2-14(23)8-18(17)24)34(29)20(37)32-15-3-5-16(6-4-15)36-10-22(27,28)19(25)26/h2-8,11-13,19,35H,9-10,29H2,1H3,(H,32,37). The van der Waals surface area contributed by atoms with Gasteiger partial charge in [-0.05, 0) is 49.5 Å². The molecule has 3 aromatic rings.